The van der Waals surface area contributed by atoms with Crippen molar-refractivity contribution < 1.29 is 9.90 Å². The Morgan fingerprint density at radius 3 is 2.38 bits per heavy atom. The molecule has 1 atom stereocenters. The van der Waals surface area contributed by atoms with Crippen LogP contribution in [0.1, 0.15) is 33.1 Å². The Labute approximate surface area is 97.0 Å². The Bertz CT molecular complexity index is 283. The Balaban J connectivity index is 2.02. The first-order chi connectivity index (χ1) is 7.43. The number of amides is 1. The average Bonchev–Trinajstić information content (AvgIpc) is 2.59. The minimum atomic E-state index is -0.682. The highest BCUT2D eigenvalue weighted by Crippen LogP contribution is 2.33. The van der Waals surface area contributed by atoms with Crippen molar-refractivity contribution in [3.05, 3.63) is 0 Å². The molecule has 0 radical (unpaired) electrons. The summed E-state index contributed by atoms with van der Waals surface area (Å²) >= 11 is 0. The number of hydrogen-bond donors (Lipinski definition) is 2. The van der Waals surface area contributed by atoms with Crippen molar-refractivity contribution in [3.63, 3.8) is 0 Å². The van der Waals surface area contributed by atoms with Gasteiger partial charge in [0.05, 0.1) is 5.60 Å². The second kappa shape index (κ2) is 4.00. The van der Waals surface area contributed by atoms with Crippen molar-refractivity contribution in [2.45, 2.75) is 38.7 Å². The molecule has 0 aromatic rings. The molecule has 0 aromatic heterocycles. The molecule has 0 aromatic carbocycles. The Hall–Kier alpha value is -0.610. The Morgan fingerprint density at radius 1 is 1.25 bits per heavy atom. The standard InChI is InChI=1S/C12H22N2O2/c1-11(3-6-13-7-4-11)10(15)14-8-5-12(2,16)9-14/h13,16H,3-9H2,1-2H3. The van der Waals surface area contributed by atoms with Gasteiger partial charge in [-0.1, -0.05) is 6.92 Å². The van der Waals surface area contributed by atoms with Crippen LogP contribution in [-0.2, 0) is 4.79 Å². The number of aliphatic hydroxyl groups is 1. The molecule has 2 N–H and O–H groups in total. The molecule has 1 amide bonds. The number of nitrogens with one attached hydrogen (secondary N) is 1. The summed E-state index contributed by atoms with van der Waals surface area (Å²) in [7, 11) is 0. The van der Waals surface area contributed by atoms with Crippen molar-refractivity contribution in [3.8, 4) is 0 Å². The van der Waals surface area contributed by atoms with Gasteiger partial charge in [-0.05, 0) is 39.3 Å². The van der Waals surface area contributed by atoms with Crippen LogP contribution in [0.15, 0.2) is 0 Å². The third-order valence-corrected chi connectivity index (χ3v) is 3.96. The number of β-amino-alcohol motifs (C(OH)–C–C–N with tert-alkyl or cyclic N) is 1. The van der Waals surface area contributed by atoms with Gasteiger partial charge in [0.15, 0.2) is 0 Å². The normalized spacial score (nSPS) is 34.1. The molecule has 2 rings (SSSR count). The van der Waals surface area contributed by atoms with E-state index in [1.165, 1.54) is 0 Å². The lowest BCUT2D eigenvalue weighted by molar-refractivity contribution is -0.142. The number of hydrogen-bond acceptors (Lipinski definition) is 3. The zero-order valence-electron chi connectivity index (χ0n) is 10.3. The lowest BCUT2D eigenvalue weighted by Crippen LogP contribution is -2.47. The SMILES string of the molecule is CC1(O)CCN(C(=O)C2(C)CCNCC2)C1. The quantitative estimate of drug-likeness (QED) is 0.679. The minimum Gasteiger partial charge on any atom is -0.388 e. The molecule has 2 fully saturated rings. The van der Waals surface area contributed by atoms with E-state index in [4.69, 9.17) is 0 Å². The van der Waals surface area contributed by atoms with E-state index < -0.39 is 5.60 Å². The predicted octanol–water partition coefficient (Wildman–Crippen LogP) is 0.359. The maximum Gasteiger partial charge on any atom is 0.228 e. The zero-order valence-corrected chi connectivity index (χ0v) is 10.3. The summed E-state index contributed by atoms with van der Waals surface area (Å²) in [5, 5.41) is 13.2. The van der Waals surface area contributed by atoms with Gasteiger partial charge in [0.1, 0.15) is 0 Å². The first-order valence-electron chi connectivity index (χ1n) is 6.16. The molecule has 0 saturated carbocycles. The van der Waals surface area contributed by atoms with Gasteiger partial charge in [0.25, 0.3) is 0 Å². The molecule has 2 aliphatic rings. The monoisotopic (exact) mass is 226 g/mol. The summed E-state index contributed by atoms with van der Waals surface area (Å²) in [5.41, 5.74) is -0.898. The van der Waals surface area contributed by atoms with Crippen molar-refractivity contribution in [1.29, 1.82) is 0 Å². The molecule has 0 spiro atoms. The van der Waals surface area contributed by atoms with Crippen LogP contribution < -0.4 is 5.32 Å². The molecule has 16 heavy (non-hydrogen) atoms. The molecule has 4 heteroatoms. The van der Waals surface area contributed by atoms with Crippen LogP contribution in [0.25, 0.3) is 0 Å². The van der Waals surface area contributed by atoms with E-state index in [1.54, 1.807) is 0 Å². The molecule has 0 bridgehead atoms. The minimum absolute atomic E-state index is 0.217. The second-order valence-electron chi connectivity index (χ2n) is 5.78. The van der Waals surface area contributed by atoms with Gasteiger partial charge in [-0.25, -0.2) is 0 Å². The van der Waals surface area contributed by atoms with Crippen molar-refractivity contribution in [2.24, 2.45) is 5.41 Å². The van der Waals surface area contributed by atoms with Crippen molar-refractivity contribution >= 4 is 5.91 Å². The van der Waals surface area contributed by atoms with E-state index in [-0.39, 0.29) is 11.3 Å². The summed E-state index contributed by atoms with van der Waals surface area (Å²) in [6, 6.07) is 0. The third kappa shape index (κ3) is 2.23. The van der Waals surface area contributed by atoms with Crippen molar-refractivity contribution in [2.75, 3.05) is 26.2 Å². The smallest absolute Gasteiger partial charge is 0.228 e. The highest BCUT2D eigenvalue weighted by Gasteiger charge is 2.42. The number of carbonyl (C=O) groups excluding carboxylic acids is 1. The molecule has 4 nitrogen and oxygen atoms in total. The predicted molar refractivity (Wildman–Crippen MR) is 62.0 cm³/mol. The first-order valence-corrected chi connectivity index (χ1v) is 6.16. The third-order valence-electron chi connectivity index (χ3n) is 3.96. The van der Waals surface area contributed by atoms with Gasteiger partial charge < -0.3 is 15.3 Å². The molecular weight excluding hydrogens is 204 g/mol. The van der Waals surface area contributed by atoms with Crippen LogP contribution in [0.3, 0.4) is 0 Å². The summed E-state index contributed by atoms with van der Waals surface area (Å²) < 4.78 is 0. The lowest BCUT2D eigenvalue weighted by atomic mass is 9.79. The molecule has 2 heterocycles. The Morgan fingerprint density at radius 2 is 1.88 bits per heavy atom. The fourth-order valence-corrected chi connectivity index (χ4v) is 2.69. The van der Waals surface area contributed by atoms with Gasteiger partial charge >= 0.3 is 0 Å². The summed E-state index contributed by atoms with van der Waals surface area (Å²) in [5.74, 6) is 0.228. The van der Waals surface area contributed by atoms with E-state index in [0.717, 1.165) is 25.9 Å². The number of nitrogens with zero attached hydrogens (tertiary/aromatic N) is 1. The van der Waals surface area contributed by atoms with Crippen LogP contribution in [0, 0.1) is 5.41 Å². The van der Waals surface area contributed by atoms with Crippen molar-refractivity contribution in [1.82, 2.24) is 10.2 Å². The topological polar surface area (TPSA) is 52.6 Å². The molecule has 1 unspecified atom stereocenters. The summed E-state index contributed by atoms with van der Waals surface area (Å²) in [6.07, 6.45) is 2.52. The largest absolute Gasteiger partial charge is 0.388 e. The van der Waals surface area contributed by atoms with Gasteiger partial charge in [-0.2, -0.15) is 0 Å². The summed E-state index contributed by atoms with van der Waals surface area (Å²) in [6.45, 7) is 6.91. The second-order valence-corrected chi connectivity index (χ2v) is 5.78. The van der Waals surface area contributed by atoms with E-state index in [1.807, 2.05) is 11.8 Å². The van der Waals surface area contributed by atoms with Gasteiger partial charge in [-0.3, -0.25) is 4.79 Å². The highest BCUT2D eigenvalue weighted by atomic mass is 16.3. The van der Waals surface area contributed by atoms with E-state index in [0.29, 0.717) is 19.5 Å². The molecule has 2 saturated heterocycles. The maximum atomic E-state index is 12.4. The van der Waals surface area contributed by atoms with E-state index >= 15 is 0 Å². The van der Waals surface area contributed by atoms with E-state index in [2.05, 4.69) is 12.2 Å². The molecule has 0 aliphatic carbocycles. The lowest BCUT2D eigenvalue weighted by Gasteiger charge is -2.36. The maximum absolute atomic E-state index is 12.4. The fourth-order valence-electron chi connectivity index (χ4n) is 2.69. The molecule has 2 aliphatic heterocycles. The Kier molecular flexibility index (Phi) is 2.97. The van der Waals surface area contributed by atoms with Crippen LogP contribution in [0.4, 0.5) is 0 Å². The van der Waals surface area contributed by atoms with Gasteiger partial charge in [0.2, 0.25) is 5.91 Å². The number of rotatable bonds is 1. The number of piperidine rings is 1. The number of likely N-dealkylation sites (tertiary alicyclic amines) is 1. The van der Waals surface area contributed by atoms with Gasteiger partial charge in [0, 0.05) is 18.5 Å². The van der Waals surface area contributed by atoms with Crippen LogP contribution in [-0.4, -0.2) is 47.7 Å². The number of carbonyl (C=O) groups is 1. The van der Waals surface area contributed by atoms with Crippen LogP contribution in [0.5, 0.6) is 0 Å². The van der Waals surface area contributed by atoms with Gasteiger partial charge in [-0.15, -0.1) is 0 Å². The molecular formula is C12H22N2O2. The zero-order chi connectivity index (χ0) is 11.8. The average molecular weight is 226 g/mol. The van der Waals surface area contributed by atoms with Crippen LogP contribution >= 0.6 is 0 Å². The molecule has 92 valence electrons. The highest BCUT2D eigenvalue weighted by molar-refractivity contribution is 5.82. The van der Waals surface area contributed by atoms with E-state index in [9.17, 15) is 9.90 Å². The first kappa shape index (κ1) is 11.9. The fraction of sp³-hybridized carbons (Fsp3) is 0.917. The van der Waals surface area contributed by atoms with Crippen LogP contribution in [0.2, 0.25) is 0 Å². The summed E-state index contributed by atoms with van der Waals surface area (Å²) in [4.78, 5) is 14.2.